The van der Waals surface area contributed by atoms with Crippen LogP contribution in [0.4, 0.5) is 0 Å². The van der Waals surface area contributed by atoms with Gasteiger partial charge in [0.05, 0.1) is 16.6 Å². The lowest BCUT2D eigenvalue weighted by molar-refractivity contribution is 0.0267. The van der Waals surface area contributed by atoms with Crippen molar-refractivity contribution in [3.63, 3.8) is 0 Å². The van der Waals surface area contributed by atoms with E-state index in [1.807, 2.05) is 36.1 Å². The van der Waals surface area contributed by atoms with E-state index in [9.17, 15) is 4.79 Å². The predicted octanol–water partition coefficient (Wildman–Crippen LogP) is 4.26. The molecule has 29 heavy (non-hydrogen) atoms. The number of likely N-dealkylation sites (tertiary alicyclic amines) is 1. The molecule has 1 amide bonds. The summed E-state index contributed by atoms with van der Waals surface area (Å²) in [6.07, 6.45) is 6.49. The molecule has 1 aliphatic rings. The summed E-state index contributed by atoms with van der Waals surface area (Å²) in [6, 6.07) is 12.6. The summed E-state index contributed by atoms with van der Waals surface area (Å²) in [7, 11) is 0. The predicted molar refractivity (Wildman–Crippen MR) is 111 cm³/mol. The van der Waals surface area contributed by atoms with Gasteiger partial charge in [0.15, 0.2) is 5.82 Å². The monoisotopic (exact) mass is 408 g/mol. The summed E-state index contributed by atoms with van der Waals surface area (Å²) in [6.45, 7) is 2.69. The topological polar surface area (TPSA) is 68.2 Å². The Balaban J connectivity index is 1.57. The van der Waals surface area contributed by atoms with Crippen molar-refractivity contribution in [1.29, 1.82) is 0 Å². The fourth-order valence-corrected chi connectivity index (χ4v) is 3.71. The van der Waals surface area contributed by atoms with Gasteiger partial charge in [-0.2, -0.15) is 0 Å². The molecule has 0 spiro atoms. The van der Waals surface area contributed by atoms with Crippen molar-refractivity contribution >= 4 is 17.5 Å². The van der Waals surface area contributed by atoms with Gasteiger partial charge >= 0.3 is 0 Å². The summed E-state index contributed by atoms with van der Waals surface area (Å²) >= 11 is 5.90. The lowest BCUT2D eigenvalue weighted by Crippen LogP contribution is -2.51. The molecule has 0 radical (unpaired) electrons. The van der Waals surface area contributed by atoms with E-state index in [0.29, 0.717) is 28.8 Å². The number of halogens is 1. The smallest absolute Gasteiger partial charge is 0.254 e. The zero-order chi connectivity index (χ0) is 20.2. The van der Waals surface area contributed by atoms with E-state index < -0.39 is 0 Å². The van der Waals surface area contributed by atoms with Crippen LogP contribution in [-0.4, -0.2) is 44.4 Å². The van der Waals surface area contributed by atoms with Gasteiger partial charge in [-0.25, -0.2) is 15.0 Å². The maximum absolute atomic E-state index is 13.4. The molecule has 1 fully saturated rings. The highest BCUT2D eigenvalue weighted by molar-refractivity contribution is 6.30. The average Bonchev–Trinajstić information content (AvgIpc) is 2.77. The van der Waals surface area contributed by atoms with Crippen LogP contribution in [0.15, 0.2) is 61.1 Å². The molecule has 6 nitrogen and oxygen atoms in total. The Labute approximate surface area is 174 Å². The Bertz CT molecular complexity index is 982. The zero-order valence-electron chi connectivity index (χ0n) is 16.0. The second-order valence-electron chi connectivity index (χ2n) is 6.97. The van der Waals surface area contributed by atoms with Crippen molar-refractivity contribution in [2.24, 2.45) is 0 Å². The molecule has 0 saturated carbocycles. The van der Waals surface area contributed by atoms with E-state index in [2.05, 4.69) is 15.0 Å². The number of ether oxygens (including phenoxy) is 1. The average molecular weight is 409 g/mol. The Kier molecular flexibility index (Phi) is 5.71. The highest BCUT2D eigenvalue weighted by atomic mass is 35.5. The second-order valence-corrected chi connectivity index (χ2v) is 7.41. The van der Waals surface area contributed by atoms with Crippen LogP contribution in [-0.2, 0) is 0 Å². The molecular weight excluding hydrogens is 388 g/mol. The number of hydrogen-bond acceptors (Lipinski definition) is 5. The van der Waals surface area contributed by atoms with Crippen LogP contribution in [0.25, 0.3) is 11.4 Å². The van der Waals surface area contributed by atoms with E-state index in [4.69, 9.17) is 16.3 Å². The summed E-state index contributed by atoms with van der Waals surface area (Å²) in [5.74, 6) is 1.01. The van der Waals surface area contributed by atoms with Crippen molar-refractivity contribution in [3.05, 3.63) is 71.6 Å². The third-order valence-corrected chi connectivity index (χ3v) is 5.34. The fraction of sp³-hybridized carbons (Fsp3) is 0.273. The molecule has 3 heterocycles. The Morgan fingerprint density at radius 3 is 2.66 bits per heavy atom. The molecule has 2 atom stereocenters. The first-order valence-corrected chi connectivity index (χ1v) is 9.97. The molecule has 3 aromatic rings. The lowest BCUT2D eigenvalue weighted by Gasteiger charge is -2.39. The quantitative estimate of drug-likeness (QED) is 0.645. The summed E-state index contributed by atoms with van der Waals surface area (Å²) in [5, 5.41) is 0.561. The molecule has 1 aromatic carbocycles. The third kappa shape index (κ3) is 4.22. The standard InChI is InChI=1S/C22H21ClN4O2/c1-15-19(29-20-10-9-16(23)14-26-20)8-4-13-27(15)22(28)18-7-3-2-6-17(18)21-24-11-5-12-25-21/h2-3,5-7,9-12,14-15,19H,4,8,13H2,1H3/t15-,19+/m0/s1. The number of aromatic nitrogens is 3. The number of carbonyl (C=O) groups is 1. The first-order valence-electron chi connectivity index (χ1n) is 9.59. The molecule has 0 unspecified atom stereocenters. The first kappa shape index (κ1) is 19.3. The van der Waals surface area contributed by atoms with E-state index in [0.717, 1.165) is 18.4 Å². The molecule has 1 aliphatic heterocycles. The number of amides is 1. The highest BCUT2D eigenvalue weighted by Crippen LogP contribution is 2.27. The normalized spacial score (nSPS) is 19.0. The minimum atomic E-state index is -0.137. The Hall–Kier alpha value is -2.99. The number of pyridine rings is 1. The first-order chi connectivity index (χ1) is 14.1. The molecule has 0 aliphatic carbocycles. The van der Waals surface area contributed by atoms with E-state index >= 15 is 0 Å². The number of piperidine rings is 1. The van der Waals surface area contributed by atoms with Crippen LogP contribution in [0.1, 0.15) is 30.1 Å². The number of nitrogens with zero attached hydrogens (tertiary/aromatic N) is 4. The van der Waals surface area contributed by atoms with Gasteiger partial charge in [-0.3, -0.25) is 4.79 Å². The Morgan fingerprint density at radius 2 is 1.90 bits per heavy atom. The number of rotatable bonds is 4. The van der Waals surface area contributed by atoms with Gasteiger partial charge in [0.1, 0.15) is 6.10 Å². The molecule has 1 saturated heterocycles. The summed E-state index contributed by atoms with van der Waals surface area (Å²) in [4.78, 5) is 28.1. The van der Waals surface area contributed by atoms with Gasteiger partial charge in [0.25, 0.3) is 5.91 Å². The van der Waals surface area contributed by atoms with Gasteiger partial charge in [-0.05, 0) is 38.0 Å². The van der Waals surface area contributed by atoms with Crippen molar-refractivity contribution < 1.29 is 9.53 Å². The van der Waals surface area contributed by atoms with E-state index in [1.165, 1.54) is 0 Å². The maximum Gasteiger partial charge on any atom is 0.254 e. The maximum atomic E-state index is 13.4. The van der Waals surface area contributed by atoms with Gasteiger partial charge in [-0.15, -0.1) is 0 Å². The largest absolute Gasteiger partial charge is 0.472 e. The van der Waals surface area contributed by atoms with Gasteiger partial charge < -0.3 is 9.64 Å². The van der Waals surface area contributed by atoms with Crippen molar-refractivity contribution in [2.45, 2.75) is 31.9 Å². The number of benzene rings is 1. The molecule has 148 valence electrons. The van der Waals surface area contributed by atoms with Crippen LogP contribution in [0, 0.1) is 0 Å². The third-order valence-electron chi connectivity index (χ3n) is 5.11. The number of carbonyl (C=O) groups excluding carboxylic acids is 1. The van der Waals surface area contributed by atoms with Crippen molar-refractivity contribution in [1.82, 2.24) is 19.9 Å². The molecule has 0 bridgehead atoms. The minimum absolute atomic E-state index is 0.0436. The van der Waals surface area contributed by atoms with Gasteiger partial charge in [-0.1, -0.05) is 29.8 Å². The van der Waals surface area contributed by atoms with Crippen LogP contribution >= 0.6 is 11.6 Å². The minimum Gasteiger partial charge on any atom is -0.472 e. The SMILES string of the molecule is C[C@H]1[C@H](Oc2ccc(Cl)cn2)CCCN1C(=O)c1ccccc1-c1ncccn1. The van der Waals surface area contributed by atoms with Crippen molar-refractivity contribution in [2.75, 3.05) is 6.54 Å². The summed E-state index contributed by atoms with van der Waals surface area (Å²) < 4.78 is 6.07. The van der Waals surface area contributed by atoms with Gasteiger partial charge in [0.2, 0.25) is 5.88 Å². The van der Waals surface area contributed by atoms with Crippen LogP contribution in [0.5, 0.6) is 5.88 Å². The fourth-order valence-electron chi connectivity index (χ4n) is 3.60. The van der Waals surface area contributed by atoms with Crippen molar-refractivity contribution in [3.8, 4) is 17.3 Å². The number of hydrogen-bond donors (Lipinski definition) is 0. The molecule has 7 heteroatoms. The van der Waals surface area contributed by atoms with Crippen LogP contribution in [0.2, 0.25) is 5.02 Å². The Morgan fingerprint density at radius 1 is 1.10 bits per heavy atom. The van der Waals surface area contributed by atoms with E-state index in [-0.39, 0.29) is 18.1 Å². The van der Waals surface area contributed by atoms with Crippen LogP contribution in [0.3, 0.4) is 0 Å². The second kappa shape index (κ2) is 8.57. The zero-order valence-corrected chi connectivity index (χ0v) is 16.8. The van der Waals surface area contributed by atoms with Crippen LogP contribution < -0.4 is 4.74 Å². The highest BCUT2D eigenvalue weighted by Gasteiger charge is 2.34. The lowest BCUT2D eigenvalue weighted by atomic mass is 9.97. The van der Waals surface area contributed by atoms with E-state index in [1.54, 1.807) is 36.8 Å². The van der Waals surface area contributed by atoms with Gasteiger partial charge in [0, 0.05) is 36.8 Å². The molecular formula is C22H21ClN4O2. The molecule has 2 aromatic heterocycles. The summed E-state index contributed by atoms with van der Waals surface area (Å²) in [5.41, 5.74) is 1.32. The molecule has 4 rings (SSSR count). The molecule has 0 N–H and O–H groups in total.